The second-order valence-electron chi connectivity index (χ2n) is 4.79. The maximum absolute atomic E-state index is 12.1. The first-order chi connectivity index (χ1) is 8.65. The molecule has 0 saturated carbocycles. The zero-order valence-corrected chi connectivity index (χ0v) is 10.7. The van der Waals surface area contributed by atoms with E-state index in [-0.39, 0.29) is 11.9 Å². The maximum Gasteiger partial charge on any atom is 0.231 e. The highest BCUT2D eigenvalue weighted by molar-refractivity contribution is 5.83. The van der Waals surface area contributed by atoms with Gasteiger partial charge in [0.2, 0.25) is 5.91 Å². The van der Waals surface area contributed by atoms with Gasteiger partial charge in [-0.25, -0.2) is 0 Å². The fraction of sp³-hybridized carbons (Fsp3) is 0.538. The smallest absolute Gasteiger partial charge is 0.231 e. The summed E-state index contributed by atoms with van der Waals surface area (Å²) in [5, 5.41) is 2.97. The van der Waals surface area contributed by atoms with Gasteiger partial charge in [0.15, 0.2) is 0 Å². The van der Waals surface area contributed by atoms with Crippen molar-refractivity contribution in [2.75, 3.05) is 26.9 Å². The maximum atomic E-state index is 12.1. The van der Waals surface area contributed by atoms with Gasteiger partial charge in [0.25, 0.3) is 0 Å². The van der Waals surface area contributed by atoms with Crippen LogP contribution in [0.3, 0.4) is 0 Å². The third-order valence-electron chi connectivity index (χ3n) is 3.07. The Morgan fingerprint density at radius 2 is 2.39 bits per heavy atom. The predicted molar refractivity (Wildman–Crippen MR) is 65.9 cm³/mol. The van der Waals surface area contributed by atoms with Gasteiger partial charge in [0, 0.05) is 13.3 Å². The molecule has 1 amide bonds. The van der Waals surface area contributed by atoms with Crippen molar-refractivity contribution in [3.8, 4) is 0 Å². The zero-order valence-electron chi connectivity index (χ0n) is 10.7. The van der Waals surface area contributed by atoms with E-state index in [0.717, 1.165) is 5.69 Å². The van der Waals surface area contributed by atoms with Crippen LogP contribution in [0.15, 0.2) is 24.4 Å². The number of nitrogens with zero attached hydrogens (tertiary/aromatic N) is 1. The van der Waals surface area contributed by atoms with Crippen LogP contribution in [0.4, 0.5) is 0 Å². The van der Waals surface area contributed by atoms with Crippen molar-refractivity contribution in [3.05, 3.63) is 30.1 Å². The number of amides is 1. The molecule has 0 aromatic carbocycles. The number of hydrogen-bond acceptors (Lipinski definition) is 4. The van der Waals surface area contributed by atoms with Crippen molar-refractivity contribution in [1.82, 2.24) is 10.3 Å². The number of nitrogens with one attached hydrogen (secondary N) is 1. The molecule has 0 bridgehead atoms. The molecule has 0 spiro atoms. The Morgan fingerprint density at radius 3 is 2.89 bits per heavy atom. The molecule has 1 aliphatic heterocycles. The largest absolute Gasteiger partial charge is 0.382 e. The molecular formula is C13H18N2O3. The number of ether oxygens (including phenoxy) is 2. The van der Waals surface area contributed by atoms with Crippen LogP contribution in [0.25, 0.3) is 0 Å². The number of methoxy groups -OCH3 is 1. The second-order valence-corrected chi connectivity index (χ2v) is 4.79. The van der Waals surface area contributed by atoms with E-state index < -0.39 is 5.41 Å². The fourth-order valence-electron chi connectivity index (χ4n) is 1.82. The van der Waals surface area contributed by atoms with Gasteiger partial charge in [-0.15, -0.1) is 0 Å². The van der Waals surface area contributed by atoms with Crippen LogP contribution in [-0.2, 0) is 14.3 Å². The number of hydrogen-bond donors (Lipinski definition) is 1. The van der Waals surface area contributed by atoms with Crippen molar-refractivity contribution in [3.63, 3.8) is 0 Å². The van der Waals surface area contributed by atoms with Crippen molar-refractivity contribution in [2.24, 2.45) is 5.41 Å². The topological polar surface area (TPSA) is 60.5 Å². The number of rotatable bonds is 5. The first-order valence-corrected chi connectivity index (χ1v) is 5.94. The number of carbonyl (C=O) groups excluding carboxylic acids is 1. The summed E-state index contributed by atoms with van der Waals surface area (Å²) in [6.45, 7) is 3.25. The molecule has 1 fully saturated rings. The van der Waals surface area contributed by atoms with Gasteiger partial charge in [-0.1, -0.05) is 6.07 Å². The monoisotopic (exact) mass is 250 g/mol. The Balaban J connectivity index is 2.05. The number of pyridine rings is 1. The number of aromatic nitrogens is 1. The Labute approximate surface area is 107 Å². The van der Waals surface area contributed by atoms with Crippen LogP contribution in [0.2, 0.25) is 0 Å². The highest BCUT2D eigenvalue weighted by atomic mass is 16.5. The molecule has 1 aromatic rings. The van der Waals surface area contributed by atoms with E-state index in [2.05, 4.69) is 10.3 Å². The van der Waals surface area contributed by atoms with Crippen LogP contribution in [0, 0.1) is 5.41 Å². The summed E-state index contributed by atoms with van der Waals surface area (Å²) in [5.41, 5.74) is 0.386. The highest BCUT2D eigenvalue weighted by Gasteiger charge is 2.41. The average molecular weight is 250 g/mol. The third-order valence-corrected chi connectivity index (χ3v) is 3.07. The fourth-order valence-corrected chi connectivity index (χ4v) is 1.82. The van der Waals surface area contributed by atoms with E-state index in [1.165, 1.54) is 0 Å². The molecule has 1 aromatic heterocycles. The molecule has 1 aliphatic rings. The molecule has 98 valence electrons. The first-order valence-electron chi connectivity index (χ1n) is 5.94. The Morgan fingerprint density at radius 1 is 1.61 bits per heavy atom. The van der Waals surface area contributed by atoms with Gasteiger partial charge >= 0.3 is 0 Å². The third kappa shape index (κ3) is 2.68. The summed E-state index contributed by atoms with van der Waals surface area (Å²) < 4.78 is 10.2. The van der Waals surface area contributed by atoms with Crippen molar-refractivity contribution in [2.45, 2.75) is 13.0 Å². The van der Waals surface area contributed by atoms with Gasteiger partial charge in [-0.2, -0.15) is 0 Å². The lowest BCUT2D eigenvalue weighted by atomic mass is 9.87. The van der Waals surface area contributed by atoms with E-state index >= 15 is 0 Å². The zero-order chi connectivity index (χ0) is 13.0. The normalized spacial score (nSPS) is 18.8. The minimum absolute atomic E-state index is 0.0125. The van der Waals surface area contributed by atoms with Crippen molar-refractivity contribution in [1.29, 1.82) is 0 Å². The van der Waals surface area contributed by atoms with Gasteiger partial charge in [0.1, 0.15) is 0 Å². The first kappa shape index (κ1) is 13.0. The summed E-state index contributed by atoms with van der Waals surface area (Å²) in [4.78, 5) is 16.4. The van der Waals surface area contributed by atoms with Crippen LogP contribution in [-0.4, -0.2) is 37.8 Å². The summed E-state index contributed by atoms with van der Waals surface area (Å²) in [5.74, 6) is -0.0125. The molecule has 2 heterocycles. The van der Waals surface area contributed by atoms with E-state index in [4.69, 9.17) is 9.47 Å². The predicted octanol–water partition coefficient (Wildman–Crippen LogP) is 0.922. The molecule has 1 N–H and O–H groups in total. The van der Waals surface area contributed by atoms with Crippen LogP contribution in [0.1, 0.15) is 18.7 Å². The number of carbonyl (C=O) groups is 1. The molecule has 5 heteroatoms. The van der Waals surface area contributed by atoms with E-state index in [0.29, 0.717) is 19.8 Å². The quantitative estimate of drug-likeness (QED) is 0.844. The van der Waals surface area contributed by atoms with Crippen LogP contribution >= 0.6 is 0 Å². The molecule has 0 unspecified atom stereocenters. The van der Waals surface area contributed by atoms with Gasteiger partial charge in [-0.05, 0) is 19.1 Å². The molecule has 1 saturated heterocycles. The lowest BCUT2D eigenvalue weighted by Crippen LogP contribution is -2.53. The molecule has 1 atom stereocenters. The van der Waals surface area contributed by atoms with E-state index in [1.54, 1.807) is 13.3 Å². The Bertz CT molecular complexity index is 404. The molecule has 0 aliphatic carbocycles. The van der Waals surface area contributed by atoms with E-state index in [9.17, 15) is 4.79 Å². The molecule has 2 rings (SSSR count). The summed E-state index contributed by atoms with van der Waals surface area (Å²) >= 11 is 0. The van der Waals surface area contributed by atoms with Gasteiger partial charge < -0.3 is 14.8 Å². The van der Waals surface area contributed by atoms with Crippen molar-refractivity contribution < 1.29 is 14.3 Å². The Hall–Kier alpha value is -1.46. The summed E-state index contributed by atoms with van der Waals surface area (Å²) in [7, 11) is 1.61. The lowest BCUT2D eigenvalue weighted by molar-refractivity contribution is -0.158. The van der Waals surface area contributed by atoms with Crippen LogP contribution < -0.4 is 5.32 Å². The molecular weight excluding hydrogens is 232 g/mol. The summed E-state index contributed by atoms with van der Waals surface area (Å²) in [6, 6.07) is 5.40. The van der Waals surface area contributed by atoms with Gasteiger partial charge in [0.05, 0.1) is 37.0 Å². The standard InChI is InChI=1S/C13H18N2O3/c1-13(8-18-9-13)12(16)15-11(7-17-2)10-5-3-4-6-14-10/h3-6,11H,7-9H2,1-2H3,(H,15,16)/t11-/m0/s1. The lowest BCUT2D eigenvalue weighted by Gasteiger charge is -2.37. The summed E-state index contributed by atoms with van der Waals surface area (Å²) in [6.07, 6.45) is 1.71. The minimum Gasteiger partial charge on any atom is -0.382 e. The minimum atomic E-state index is -0.416. The second kappa shape index (κ2) is 5.46. The van der Waals surface area contributed by atoms with E-state index in [1.807, 2.05) is 25.1 Å². The average Bonchev–Trinajstić information content (AvgIpc) is 2.36. The van der Waals surface area contributed by atoms with Gasteiger partial charge in [-0.3, -0.25) is 9.78 Å². The van der Waals surface area contributed by atoms with Crippen LogP contribution in [0.5, 0.6) is 0 Å². The molecule has 18 heavy (non-hydrogen) atoms. The molecule has 5 nitrogen and oxygen atoms in total. The SMILES string of the molecule is COC[C@H](NC(=O)C1(C)COC1)c1ccccn1. The highest BCUT2D eigenvalue weighted by Crippen LogP contribution is 2.27. The molecule has 0 radical (unpaired) electrons. The Kier molecular flexibility index (Phi) is 3.93. The van der Waals surface area contributed by atoms with Crippen molar-refractivity contribution >= 4 is 5.91 Å².